The SMILES string of the molecule is COC1=CCC(C)([C@@H](NC(=O)N2CC[C@@H](O)C2)C(=O)Nc2ccc([Si](C)(C)C)cc2)C=C1. The van der Waals surface area contributed by atoms with Crippen LogP contribution in [0.1, 0.15) is 19.8 Å². The normalized spacial score (nSPS) is 24.0. The topological polar surface area (TPSA) is 90.9 Å². The van der Waals surface area contributed by atoms with Gasteiger partial charge in [0.25, 0.3) is 0 Å². The number of carbonyl (C=O) groups is 2. The predicted molar refractivity (Wildman–Crippen MR) is 130 cm³/mol. The van der Waals surface area contributed by atoms with E-state index in [1.807, 2.05) is 37.3 Å². The average molecular weight is 458 g/mol. The summed E-state index contributed by atoms with van der Waals surface area (Å²) in [5.74, 6) is 0.456. The quantitative estimate of drug-likeness (QED) is 0.573. The van der Waals surface area contributed by atoms with Crippen LogP contribution in [0.15, 0.2) is 48.3 Å². The van der Waals surface area contributed by atoms with E-state index in [4.69, 9.17) is 4.74 Å². The first-order valence-corrected chi connectivity index (χ1v) is 14.6. The second kappa shape index (κ2) is 9.50. The van der Waals surface area contributed by atoms with E-state index in [1.165, 1.54) is 5.19 Å². The molecule has 3 N–H and O–H groups in total. The van der Waals surface area contributed by atoms with Crippen LogP contribution < -0.4 is 15.8 Å². The van der Waals surface area contributed by atoms with Crippen molar-refractivity contribution < 1.29 is 19.4 Å². The van der Waals surface area contributed by atoms with Crippen LogP contribution >= 0.6 is 0 Å². The number of benzene rings is 1. The Morgan fingerprint density at radius 1 is 1.25 bits per heavy atom. The van der Waals surface area contributed by atoms with E-state index in [9.17, 15) is 14.7 Å². The summed E-state index contributed by atoms with van der Waals surface area (Å²) in [5, 5.41) is 17.0. The minimum absolute atomic E-state index is 0.276. The second-order valence-corrected chi connectivity index (χ2v) is 15.0. The monoisotopic (exact) mass is 457 g/mol. The van der Waals surface area contributed by atoms with Crippen molar-refractivity contribution in [2.24, 2.45) is 5.41 Å². The molecule has 0 bridgehead atoms. The number of β-amino-alcohol motifs (C(OH)–C–C–N with tert-alkyl or cyclic N) is 1. The van der Waals surface area contributed by atoms with Crippen LogP contribution in [0.25, 0.3) is 0 Å². The van der Waals surface area contributed by atoms with Gasteiger partial charge in [0.1, 0.15) is 11.8 Å². The van der Waals surface area contributed by atoms with Crippen LogP contribution in [-0.2, 0) is 9.53 Å². The molecule has 0 radical (unpaired) electrons. The Morgan fingerprint density at radius 2 is 1.94 bits per heavy atom. The summed E-state index contributed by atoms with van der Waals surface area (Å²) in [6, 6.07) is 6.84. The highest BCUT2D eigenvalue weighted by Gasteiger charge is 2.40. The second-order valence-electron chi connectivity index (χ2n) is 9.94. The highest BCUT2D eigenvalue weighted by Crippen LogP contribution is 2.34. The lowest BCUT2D eigenvalue weighted by molar-refractivity contribution is -0.120. The zero-order chi connectivity index (χ0) is 23.5. The maximum atomic E-state index is 13.4. The van der Waals surface area contributed by atoms with Crippen molar-refractivity contribution in [3.05, 3.63) is 48.3 Å². The van der Waals surface area contributed by atoms with E-state index in [0.717, 1.165) is 5.76 Å². The Balaban J connectivity index is 1.80. The number of likely N-dealkylation sites (tertiary alicyclic amines) is 1. The molecule has 2 aliphatic rings. The molecular weight excluding hydrogens is 422 g/mol. The van der Waals surface area contributed by atoms with Gasteiger partial charge in [0.2, 0.25) is 5.91 Å². The van der Waals surface area contributed by atoms with Crippen molar-refractivity contribution in [2.45, 2.75) is 51.6 Å². The molecule has 3 atom stereocenters. The van der Waals surface area contributed by atoms with E-state index >= 15 is 0 Å². The molecule has 1 aliphatic heterocycles. The minimum atomic E-state index is -1.43. The third kappa shape index (κ3) is 5.61. The molecule has 1 heterocycles. The van der Waals surface area contributed by atoms with Gasteiger partial charge in [-0.05, 0) is 37.1 Å². The van der Waals surface area contributed by atoms with Crippen LogP contribution in [0.2, 0.25) is 19.6 Å². The van der Waals surface area contributed by atoms with Crippen molar-refractivity contribution in [1.82, 2.24) is 10.2 Å². The number of ether oxygens (including phenoxy) is 1. The standard InChI is InChI=1S/C24H35N3O4Si/c1-24(13-10-19(31-2)11-14-24)21(26-23(30)27-15-12-18(28)16-27)22(29)25-17-6-8-20(9-7-17)32(3,4)5/h6-11,13,18,21,28H,12,14-16H2,1-5H3,(H,25,29)(H,26,30)/t18-,21+,24?/m1/s1. The molecule has 0 aromatic heterocycles. The molecule has 8 heteroatoms. The number of methoxy groups -OCH3 is 1. The van der Waals surface area contributed by atoms with Gasteiger partial charge in [-0.1, -0.05) is 50.0 Å². The summed E-state index contributed by atoms with van der Waals surface area (Å²) >= 11 is 0. The van der Waals surface area contributed by atoms with E-state index in [1.54, 1.807) is 12.0 Å². The molecule has 3 rings (SSSR count). The first kappa shape index (κ1) is 24.1. The Bertz CT molecular complexity index is 907. The number of anilines is 1. The number of rotatable bonds is 6. The van der Waals surface area contributed by atoms with Gasteiger partial charge in [-0.25, -0.2) is 4.79 Å². The van der Waals surface area contributed by atoms with Gasteiger partial charge >= 0.3 is 6.03 Å². The molecule has 1 saturated heterocycles. The molecule has 7 nitrogen and oxygen atoms in total. The smallest absolute Gasteiger partial charge is 0.318 e. The molecular formula is C24H35N3O4Si. The highest BCUT2D eigenvalue weighted by molar-refractivity contribution is 6.88. The number of nitrogens with one attached hydrogen (secondary N) is 2. The fourth-order valence-electron chi connectivity index (χ4n) is 4.03. The third-order valence-electron chi connectivity index (χ3n) is 6.27. The van der Waals surface area contributed by atoms with Crippen molar-refractivity contribution in [1.29, 1.82) is 0 Å². The van der Waals surface area contributed by atoms with Crippen molar-refractivity contribution in [3.8, 4) is 0 Å². The van der Waals surface area contributed by atoms with Crippen molar-refractivity contribution in [2.75, 3.05) is 25.5 Å². The van der Waals surface area contributed by atoms with Gasteiger partial charge in [-0.3, -0.25) is 4.79 Å². The van der Waals surface area contributed by atoms with Crippen LogP contribution in [0.3, 0.4) is 0 Å². The van der Waals surface area contributed by atoms with E-state index in [2.05, 4.69) is 42.4 Å². The molecule has 3 amide bonds. The lowest BCUT2D eigenvalue weighted by Crippen LogP contribution is -2.56. The van der Waals surface area contributed by atoms with E-state index < -0.39 is 25.6 Å². The number of allylic oxidation sites excluding steroid dienone is 2. The van der Waals surface area contributed by atoms with Gasteiger partial charge in [0.15, 0.2) is 0 Å². The average Bonchev–Trinajstić information content (AvgIpc) is 3.18. The number of aliphatic hydroxyl groups is 1. The molecule has 1 fully saturated rings. The third-order valence-corrected chi connectivity index (χ3v) is 8.33. The number of amides is 3. The number of urea groups is 1. The summed E-state index contributed by atoms with van der Waals surface area (Å²) in [6.07, 6.45) is 6.25. The summed E-state index contributed by atoms with van der Waals surface area (Å²) in [5.41, 5.74) is 0.0719. The Morgan fingerprint density at radius 3 is 2.44 bits per heavy atom. The summed E-state index contributed by atoms with van der Waals surface area (Å²) in [4.78, 5) is 27.8. The predicted octanol–water partition coefficient (Wildman–Crippen LogP) is 2.81. The fraction of sp³-hybridized carbons (Fsp3) is 0.500. The van der Waals surface area contributed by atoms with Crippen LogP contribution in [0.4, 0.5) is 10.5 Å². The lowest BCUT2D eigenvalue weighted by Gasteiger charge is -2.36. The number of hydrogen-bond donors (Lipinski definition) is 3. The number of carbonyl (C=O) groups excluding carboxylic acids is 2. The summed E-state index contributed by atoms with van der Waals surface area (Å²) < 4.78 is 5.29. The molecule has 1 aliphatic carbocycles. The number of nitrogens with zero attached hydrogens (tertiary/aromatic N) is 1. The molecule has 1 unspecified atom stereocenters. The van der Waals surface area contributed by atoms with Crippen LogP contribution in [0.5, 0.6) is 0 Å². The highest BCUT2D eigenvalue weighted by atomic mass is 28.3. The van der Waals surface area contributed by atoms with Gasteiger partial charge in [-0.2, -0.15) is 0 Å². The maximum Gasteiger partial charge on any atom is 0.318 e. The summed E-state index contributed by atoms with van der Waals surface area (Å²) in [7, 11) is 0.172. The molecule has 0 spiro atoms. The number of aliphatic hydroxyl groups excluding tert-OH is 1. The lowest BCUT2D eigenvalue weighted by atomic mass is 9.76. The number of hydrogen-bond acceptors (Lipinski definition) is 4. The van der Waals surface area contributed by atoms with Crippen molar-refractivity contribution in [3.63, 3.8) is 0 Å². The van der Waals surface area contributed by atoms with Gasteiger partial charge in [0, 0.05) is 24.2 Å². The Labute approximate surface area is 191 Å². The zero-order valence-electron chi connectivity index (χ0n) is 19.6. The van der Waals surface area contributed by atoms with Crippen LogP contribution in [-0.4, -0.2) is 62.4 Å². The fourth-order valence-corrected chi connectivity index (χ4v) is 5.20. The van der Waals surface area contributed by atoms with Crippen LogP contribution in [0, 0.1) is 5.41 Å². The maximum absolute atomic E-state index is 13.4. The van der Waals surface area contributed by atoms with Gasteiger partial charge < -0.3 is 25.4 Å². The first-order valence-electron chi connectivity index (χ1n) is 11.1. The molecule has 1 aromatic carbocycles. The Hall–Kier alpha value is -2.58. The van der Waals surface area contributed by atoms with Crippen molar-refractivity contribution >= 4 is 30.9 Å². The molecule has 32 heavy (non-hydrogen) atoms. The van der Waals surface area contributed by atoms with E-state index in [-0.39, 0.29) is 18.5 Å². The summed E-state index contributed by atoms with van der Waals surface area (Å²) in [6.45, 7) is 9.53. The first-order chi connectivity index (χ1) is 15.0. The largest absolute Gasteiger partial charge is 0.497 e. The van der Waals surface area contributed by atoms with E-state index in [0.29, 0.717) is 25.1 Å². The van der Waals surface area contributed by atoms with Gasteiger partial charge in [0.05, 0.1) is 21.3 Å². The Kier molecular flexibility index (Phi) is 7.15. The molecule has 174 valence electrons. The molecule has 0 saturated carbocycles. The zero-order valence-corrected chi connectivity index (χ0v) is 20.6. The van der Waals surface area contributed by atoms with Gasteiger partial charge in [-0.15, -0.1) is 0 Å². The minimum Gasteiger partial charge on any atom is -0.497 e. The molecule has 1 aromatic rings.